The Bertz CT molecular complexity index is 1200. The third-order valence-electron chi connectivity index (χ3n) is 5.28. The molecular formula is C24H20F3N3O4. The van der Waals surface area contributed by atoms with Gasteiger partial charge in [-0.3, -0.25) is 9.59 Å². The number of amides is 2. The van der Waals surface area contributed by atoms with Crippen LogP contribution in [-0.2, 0) is 15.8 Å². The molecule has 1 aliphatic rings. The van der Waals surface area contributed by atoms with Gasteiger partial charge in [0.2, 0.25) is 17.7 Å². The van der Waals surface area contributed by atoms with E-state index < -0.39 is 29.5 Å². The number of hydrogen-bond acceptors (Lipinski definition) is 5. The van der Waals surface area contributed by atoms with E-state index in [-0.39, 0.29) is 24.5 Å². The number of halogens is 3. The number of ether oxygens (including phenoxy) is 2. The summed E-state index contributed by atoms with van der Waals surface area (Å²) in [5, 5.41) is 2.71. The van der Waals surface area contributed by atoms with Crippen LogP contribution < -0.4 is 19.7 Å². The van der Waals surface area contributed by atoms with Crippen molar-refractivity contribution in [2.75, 3.05) is 23.9 Å². The third kappa shape index (κ3) is 5.11. The maximum Gasteiger partial charge on any atom is 0.416 e. The second kappa shape index (κ2) is 9.42. The first-order valence-corrected chi connectivity index (χ1v) is 10.3. The lowest BCUT2D eigenvalue weighted by atomic mass is 10.1. The van der Waals surface area contributed by atoms with Gasteiger partial charge in [0.1, 0.15) is 17.2 Å². The minimum atomic E-state index is -4.53. The van der Waals surface area contributed by atoms with Gasteiger partial charge in [0.15, 0.2) is 0 Å². The van der Waals surface area contributed by atoms with Gasteiger partial charge < -0.3 is 19.7 Å². The Hall–Kier alpha value is -4.08. The Balaban J connectivity index is 1.46. The van der Waals surface area contributed by atoms with E-state index in [2.05, 4.69) is 10.3 Å². The maximum absolute atomic E-state index is 13.0. The maximum atomic E-state index is 13.0. The first kappa shape index (κ1) is 23.1. The molecule has 0 radical (unpaired) electrons. The molecular weight excluding hydrogens is 451 g/mol. The highest BCUT2D eigenvalue weighted by atomic mass is 19.4. The summed E-state index contributed by atoms with van der Waals surface area (Å²) in [5.74, 6) is -0.369. The molecule has 1 N–H and O–H groups in total. The van der Waals surface area contributed by atoms with Crippen molar-refractivity contribution in [1.82, 2.24) is 4.98 Å². The molecule has 1 fully saturated rings. The number of carbonyl (C=O) groups is 2. The van der Waals surface area contributed by atoms with Gasteiger partial charge in [-0.2, -0.15) is 13.2 Å². The van der Waals surface area contributed by atoms with Gasteiger partial charge >= 0.3 is 6.18 Å². The van der Waals surface area contributed by atoms with Crippen LogP contribution in [0.25, 0.3) is 0 Å². The van der Waals surface area contributed by atoms with Gasteiger partial charge in [0.05, 0.1) is 18.6 Å². The summed E-state index contributed by atoms with van der Waals surface area (Å²) in [4.78, 5) is 30.7. The lowest BCUT2D eigenvalue weighted by Gasteiger charge is -2.18. The molecule has 2 aromatic carbocycles. The Morgan fingerprint density at radius 1 is 1.09 bits per heavy atom. The van der Waals surface area contributed by atoms with Crippen molar-refractivity contribution in [3.8, 4) is 17.4 Å². The average molecular weight is 471 g/mol. The van der Waals surface area contributed by atoms with Gasteiger partial charge in [-0.05, 0) is 54.6 Å². The van der Waals surface area contributed by atoms with Crippen LogP contribution in [0.4, 0.5) is 24.5 Å². The van der Waals surface area contributed by atoms with Crippen molar-refractivity contribution in [1.29, 1.82) is 0 Å². The smallest absolute Gasteiger partial charge is 0.416 e. The third-order valence-corrected chi connectivity index (χ3v) is 5.28. The molecule has 0 bridgehead atoms. The highest BCUT2D eigenvalue weighted by molar-refractivity contribution is 6.03. The molecule has 3 aromatic rings. The molecule has 4 rings (SSSR count). The van der Waals surface area contributed by atoms with Gasteiger partial charge in [0.25, 0.3) is 0 Å². The summed E-state index contributed by atoms with van der Waals surface area (Å²) >= 11 is 0. The molecule has 1 unspecified atom stereocenters. The number of alkyl halides is 3. The Morgan fingerprint density at radius 2 is 1.82 bits per heavy atom. The van der Waals surface area contributed by atoms with Crippen LogP contribution in [0, 0.1) is 5.92 Å². The fourth-order valence-corrected chi connectivity index (χ4v) is 3.54. The Labute approximate surface area is 193 Å². The molecule has 176 valence electrons. The normalized spacial score (nSPS) is 15.8. The summed E-state index contributed by atoms with van der Waals surface area (Å²) in [6, 6.07) is 14.5. The number of methoxy groups -OCH3 is 1. The number of aromatic nitrogens is 1. The average Bonchev–Trinajstić information content (AvgIpc) is 3.22. The first-order valence-electron chi connectivity index (χ1n) is 10.3. The summed E-state index contributed by atoms with van der Waals surface area (Å²) in [6.45, 7) is -0.0408. The van der Waals surface area contributed by atoms with Crippen LogP contribution in [-0.4, -0.2) is 30.5 Å². The van der Waals surface area contributed by atoms with E-state index in [1.807, 2.05) is 0 Å². The summed E-state index contributed by atoms with van der Waals surface area (Å²) in [7, 11) is 1.55. The highest BCUT2D eigenvalue weighted by Crippen LogP contribution is 2.34. The zero-order valence-electron chi connectivity index (χ0n) is 18.0. The standard InChI is InChI=1S/C24H20F3N3O4/c1-33-18-7-9-19(10-8-18)34-23-20(6-3-11-28-23)29-22(32)15-12-21(31)30(14-15)17-5-2-4-16(13-17)24(25,26)27/h2-11,13,15H,12,14H2,1H3,(H,29,32). The molecule has 1 atom stereocenters. The topological polar surface area (TPSA) is 80.8 Å². The van der Waals surface area contributed by atoms with Crippen LogP contribution in [0.15, 0.2) is 66.9 Å². The molecule has 2 heterocycles. The van der Waals surface area contributed by atoms with Gasteiger partial charge in [-0.15, -0.1) is 0 Å². The largest absolute Gasteiger partial charge is 0.497 e. The highest BCUT2D eigenvalue weighted by Gasteiger charge is 2.37. The summed E-state index contributed by atoms with van der Waals surface area (Å²) in [6.07, 6.45) is -3.16. The fraction of sp³-hybridized carbons (Fsp3) is 0.208. The van der Waals surface area contributed by atoms with Crippen molar-refractivity contribution >= 4 is 23.2 Å². The van der Waals surface area contributed by atoms with E-state index in [4.69, 9.17) is 9.47 Å². The van der Waals surface area contributed by atoms with E-state index in [1.165, 1.54) is 23.2 Å². The van der Waals surface area contributed by atoms with Crippen molar-refractivity contribution < 1.29 is 32.2 Å². The van der Waals surface area contributed by atoms with Gasteiger partial charge in [0, 0.05) is 24.8 Å². The molecule has 0 spiro atoms. The van der Waals surface area contributed by atoms with Gasteiger partial charge in [-0.25, -0.2) is 4.98 Å². The van der Waals surface area contributed by atoms with Crippen molar-refractivity contribution in [2.45, 2.75) is 12.6 Å². The van der Waals surface area contributed by atoms with E-state index in [0.717, 1.165) is 12.1 Å². The Kier molecular flexibility index (Phi) is 6.40. The predicted octanol–water partition coefficient (Wildman–Crippen LogP) is 4.89. The zero-order valence-corrected chi connectivity index (χ0v) is 18.0. The van der Waals surface area contributed by atoms with E-state index >= 15 is 0 Å². The minimum absolute atomic E-state index is 0.0408. The summed E-state index contributed by atoms with van der Waals surface area (Å²) < 4.78 is 50.0. The quantitative estimate of drug-likeness (QED) is 0.554. The molecule has 7 nitrogen and oxygen atoms in total. The summed E-state index contributed by atoms with van der Waals surface area (Å²) in [5.41, 5.74) is -0.463. The minimum Gasteiger partial charge on any atom is -0.497 e. The second-order valence-corrected chi connectivity index (χ2v) is 7.58. The van der Waals surface area contributed by atoms with Crippen LogP contribution in [0.1, 0.15) is 12.0 Å². The van der Waals surface area contributed by atoms with E-state index in [1.54, 1.807) is 43.5 Å². The van der Waals surface area contributed by atoms with Crippen molar-refractivity contribution in [3.63, 3.8) is 0 Å². The lowest BCUT2D eigenvalue weighted by Crippen LogP contribution is -2.28. The predicted molar refractivity (Wildman–Crippen MR) is 118 cm³/mol. The molecule has 2 amide bonds. The molecule has 10 heteroatoms. The molecule has 0 saturated carbocycles. The van der Waals surface area contributed by atoms with Gasteiger partial charge in [-0.1, -0.05) is 6.07 Å². The lowest BCUT2D eigenvalue weighted by molar-refractivity contribution is -0.137. The number of benzene rings is 2. The monoisotopic (exact) mass is 471 g/mol. The van der Waals surface area contributed by atoms with Crippen LogP contribution in [0.2, 0.25) is 0 Å². The van der Waals surface area contributed by atoms with E-state index in [0.29, 0.717) is 17.2 Å². The second-order valence-electron chi connectivity index (χ2n) is 7.58. The van der Waals surface area contributed by atoms with Crippen LogP contribution in [0.5, 0.6) is 17.4 Å². The number of pyridine rings is 1. The number of hydrogen-bond donors (Lipinski definition) is 1. The van der Waals surface area contributed by atoms with Crippen LogP contribution in [0.3, 0.4) is 0 Å². The fourth-order valence-electron chi connectivity index (χ4n) is 3.54. The zero-order chi connectivity index (χ0) is 24.3. The number of nitrogens with zero attached hydrogens (tertiary/aromatic N) is 2. The van der Waals surface area contributed by atoms with Crippen LogP contribution >= 0.6 is 0 Å². The molecule has 0 aliphatic carbocycles. The number of anilines is 2. The number of carbonyl (C=O) groups excluding carboxylic acids is 2. The Morgan fingerprint density at radius 3 is 2.53 bits per heavy atom. The number of rotatable bonds is 6. The molecule has 34 heavy (non-hydrogen) atoms. The van der Waals surface area contributed by atoms with Crippen molar-refractivity contribution in [2.24, 2.45) is 5.92 Å². The van der Waals surface area contributed by atoms with E-state index in [9.17, 15) is 22.8 Å². The first-order chi connectivity index (χ1) is 16.2. The molecule has 1 aromatic heterocycles. The molecule has 1 saturated heterocycles. The number of nitrogens with one attached hydrogen (secondary N) is 1. The van der Waals surface area contributed by atoms with Crippen molar-refractivity contribution in [3.05, 3.63) is 72.4 Å². The SMILES string of the molecule is COc1ccc(Oc2ncccc2NC(=O)C2CC(=O)N(c3cccc(C(F)(F)F)c3)C2)cc1. The molecule has 1 aliphatic heterocycles.